The van der Waals surface area contributed by atoms with Crippen LogP contribution >= 0.6 is 6.83 Å². The summed E-state index contributed by atoms with van der Waals surface area (Å²) in [6, 6.07) is 12.5. The summed E-state index contributed by atoms with van der Waals surface area (Å²) in [4.78, 5) is 0. The Morgan fingerprint density at radius 3 is 1.33 bits per heavy atom. The fourth-order valence-electron chi connectivity index (χ4n) is 5.25. The molecule has 0 unspecified atom stereocenters. The van der Waals surface area contributed by atoms with Crippen LogP contribution in [0.2, 0.25) is 0 Å². The van der Waals surface area contributed by atoms with Crippen molar-refractivity contribution in [1.82, 2.24) is 0 Å². The molecule has 0 bridgehead atoms. The van der Waals surface area contributed by atoms with Crippen molar-refractivity contribution in [2.45, 2.75) is 93.3 Å². The van der Waals surface area contributed by atoms with Gasteiger partial charge in [-0.05, 0) is 0 Å². The second-order valence-electron chi connectivity index (χ2n) is 10.6. The van der Waals surface area contributed by atoms with Gasteiger partial charge < -0.3 is 0 Å². The molecule has 0 saturated carbocycles. The van der Waals surface area contributed by atoms with Gasteiger partial charge in [0.2, 0.25) is 0 Å². The quantitative estimate of drug-likeness (QED) is 0.120. The third-order valence-electron chi connectivity index (χ3n) is 8.76. The zero-order valence-corrected chi connectivity index (χ0v) is 26.9. The van der Waals surface area contributed by atoms with Crippen molar-refractivity contribution in [1.29, 1.82) is 0 Å². The van der Waals surface area contributed by atoms with Gasteiger partial charge in [-0.25, -0.2) is 0 Å². The van der Waals surface area contributed by atoms with Crippen molar-refractivity contribution in [2.24, 2.45) is 0 Å². The minimum absolute atomic E-state index is 0.437. The fraction of sp³-hybridized carbons (Fsp3) is 0.625. The second-order valence-corrected chi connectivity index (χ2v) is 17.1. The van der Waals surface area contributed by atoms with Crippen LogP contribution in [0.5, 0.6) is 11.5 Å². The second kappa shape index (κ2) is 16.6. The van der Waals surface area contributed by atoms with E-state index in [1.807, 2.05) is 12.1 Å². The Bertz CT molecular complexity index is 908. The molecule has 2 aromatic rings. The van der Waals surface area contributed by atoms with E-state index in [1.54, 1.807) is 14.2 Å². The van der Waals surface area contributed by atoms with Crippen molar-refractivity contribution < 1.29 is 23.2 Å². The van der Waals surface area contributed by atoms with Crippen LogP contribution in [0.1, 0.15) is 89.5 Å². The summed E-state index contributed by atoms with van der Waals surface area (Å²) < 4.78 is 31.1. The van der Waals surface area contributed by atoms with Gasteiger partial charge in [0.15, 0.2) is 0 Å². The van der Waals surface area contributed by atoms with Crippen molar-refractivity contribution in [3.05, 3.63) is 58.7 Å². The summed E-state index contributed by atoms with van der Waals surface area (Å²) in [6.07, 6.45) is 10.6. The predicted molar refractivity (Wildman–Crippen MR) is 169 cm³/mol. The van der Waals surface area contributed by atoms with E-state index < -0.39 is 14.2 Å². The summed E-state index contributed by atoms with van der Waals surface area (Å²) in [5, 5.41) is 0. The fourth-order valence-corrected chi connectivity index (χ4v) is 9.14. The Kier molecular flexibility index (Phi) is 14.3. The normalized spacial score (nSPS) is 12.7. The van der Waals surface area contributed by atoms with Crippen LogP contribution in [0, 0.1) is 0 Å². The van der Waals surface area contributed by atoms with Crippen LogP contribution < -0.4 is 9.47 Å². The molecule has 0 spiro atoms. The maximum atomic E-state index is 7.03. The molecular formula is C32H54BO5P. The summed E-state index contributed by atoms with van der Waals surface area (Å²) in [7, 11) is 2.70. The van der Waals surface area contributed by atoms with Crippen LogP contribution in [-0.4, -0.2) is 46.2 Å². The van der Waals surface area contributed by atoms with Crippen molar-refractivity contribution in [2.75, 3.05) is 38.9 Å². The molecule has 2 aromatic carbocycles. The third kappa shape index (κ3) is 9.21. The summed E-state index contributed by atoms with van der Waals surface area (Å²) >= 11 is 0. The standard InChI is InChI=1S/C32H54BO5P/c1-9-15-17-27-23-31(34-7)21-19-29(27)25-36-33(38-39(11-3,12-4,13-5)14-6)37-26-30-20-22-32(35-8)24-28(30)18-16-10-2/h19-24H,9-18,25-26H2,1-8H3. The molecule has 39 heavy (non-hydrogen) atoms. The van der Waals surface area contributed by atoms with E-state index in [0.29, 0.717) is 13.2 Å². The molecule has 2 rings (SSSR count). The van der Waals surface area contributed by atoms with Gasteiger partial charge in [-0.1, -0.05) is 0 Å². The number of hydrogen-bond acceptors (Lipinski definition) is 5. The molecule has 0 aliphatic carbocycles. The molecule has 0 N–H and O–H groups in total. The SMILES string of the molecule is CCCCc1cc(OC)ccc1COB(OCc1ccc(OC)cc1CCCC)OP(CC)(CC)(CC)CC. The topological polar surface area (TPSA) is 46.2 Å². The van der Waals surface area contributed by atoms with Crippen LogP contribution in [0.4, 0.5) is 0 Å². The van der Waals surface area contributed by atoms with Gasteiger partial charge in [-0.3, -0.25) is 0 Å². The van der Waals surface area contributed by atoms with E-state index in [9.17, 15) is 0 Å². The zero-order chi connectivity index (χ0) is 28.8. The molecule has 0 atom stereocenters. The van der Waals surface area contributed by atoms with Crippen LogP contribution in [0.25, 0.3) is 0 Å². The Balaban J connectivity index is 2.35. The van der Waals surface area contributed by atoms with E-state index in [1.165, 1.54) is 11.1 Å². The number of benzene rings is 2. The maximum absolute atomic E-state index is 7.03. The van der Waals surface area contributed by atoms with E-state index in [4.69, 9.17) is 23.2 Å². The van der Waals surface area contributed by atoms with Gasteiger partial charge >= 0.3 is 240 Å². The Morgan fingerprint density at radius 2 is 1.00 bits per heavy atom. The molecule has 0 aromatic heterocycles. The molecule has 0 aliphatic rings. The van der Waals surface area contributed by atoms with Crippen LogP contribution in [0.3, 0.4) is 0 Å². The molecule has 5 nitrogen and oxygen atoms in total. The molecule has 0 fully saturated rings. The van der Waals surface area contributed by atoms with Gasteiger partial charge in [-0.2, -0.15) is 0 Å². The molecule has 0 aliphatic heterocycles. The number of unbranched alkanes of at least 4 members (excludes halogenated alkanes) is 2. The summed E-state index contributed by atoms with van der Waals surface area (Å²) in [5.41, 5.74) is 4.86. The van der Waals surface area contributed by atoms with E-state index in [-0.39, 0.29) is 0 Å². The molecular weight excluding hydrogens is 506 g/mol. The number of rotatable bonds is 20. The van der Waals surface area contributed by atoms with E-state index >= 15 is 0 Å². The number of aryl methyl sites for hydroxylation is 2. The van der Waals surface area contributed by atoms with E-state index in [2.05, 4.69) is 65.8 Å². The minimum atomic E-state index is -2.46. The van der Waals surface area contributed by atoms with Gasteiger partial charge in [0.25, 0.3) is 0 Å². The number of hydrogen-bond donors (Lipinski definition) is 0. The molecule has 0 heterocycles. The molecule has 7 heteroatoms. The summed E-state index contributed by atoms with van der Waals surface area (Å²) in [6.45, 7) is 11.9. The van der Waals surface area contributed by atoms with Crippen molar-refractivity contribution in [3.8, 4) is 11.5 Å². The predicted octanol–water partition coefficient (Wildman–Crippen LogP) is 8.67. The Hall–Kier alpha value is -1.59. The average molecular weight is 561 g/mol. The molecule has 0 amide bonds. The Labute approximate surface area is 239 Å². The summed E-state index contributed by atoms with van der Waals surface area (Å²) in [5.74, 6) is 1.76. The van der Waals surface area contributed by atoms with Gasteiger partial charge in [0, 0.05) is 0 Å². The van der Waals surface area contributed by atoms with Gasteiger partial charge in [0.1, 0.15) is 0 Å². The first-order chi connectivity index (χ1) is 18.8. The first kappa shape index (κ1) is 33.6. The molecule has 220 valence electrons. The van der Waals surface area contributed by atoms with Gasteiger partial charge in [-0.15, -0.1) is 0 Å². The number of methoxy groups -OCH3 is 2. The van der Waals surface area contributed by atoms with Crippen molar-refractivity contribution >= 4 is 14.2 Å². The molecule has 0 saturated heterocycles. The van der Waals surface area contributed by atoms with Gasteiger partial charge in [0.05, 0.1) is 0 Å². The molecule has 0 radical (unpaired) electrons. The first-order valence-corrected chi connectivity index (χ1v) is 18.0. The van der Waals surface area contributed by atoms with Crippen LogP contribution in [0.15, 0.2) is 36.4 Å². The first-order valence-electron chi connectivity index (χ1n) is 15.1. The van der Waals surface area contributed by atoms with Crippen LogP contribution in [-0.2, 0) is 39.8 Å². The number of ether oxygens (including phenoxy) is 2. The van der Waals surface area contributed by atoms with Crippen molar-refractivity contribution in [3.63, 3.8) is 0 Å². The average Bonchev–Trinajstić information content (AvgIpc) is 2.99. The zero-order valence-electron chi connectivity index (χ0n) is 26.0. The Morgan fingerprint density at radius 1 is 0.590 bits per heavy atom. The van der Waals surface area contributed by atoms with E-state index in [0.717, 1.165) is 85.8 Å². The monoisotopic (exact) mass is 560 g/mol. The third-order valence-corrected chi connectivity index (χ3v) is 15.9.